The van der Waals surface area contributed by atoms with E-state index in [-0.39, 0.29) is 5.75 Å². The van der Waals surface area contributed by atoms with E-state index in [2.05, 4.69) is 9.97 Å². The van der Waals surface area contributed by atoms with Gasteiger partial charge in [-0.3, -0.25) is 0 Å². The van der Waals surface area contributed by atoms with Crippen LogP contribution in [-0.4, -0.2) is 15.1 Å². The number of thioether (sulfide) groups is 1. The van der Waals surface area contributed by atoms with Crippen molar-refractivity contribution >= 4 is 11.8 Å². The van der Waals surface area contributed by atoms with Gasteiger partial charge in [0.05, 0.1) is 5.75 Å². The van der Waals surface area contributed by atoms with Crippen LogP contribution in [-0.2, 0) is 5.75 Å². The third kappa shape index (κ3) is 2.95. The number of nitrogens with zero attached hydrogens (tertiary/aromatic N) is 2. The van der Waals surface area contributed by atoms with Crippen molar-refractivity contribution in [1.82, 2.24) is 9.97 Å². The van der Waals surface area contributed by atoms with Crippen molar-refractivity contribution in [2.24, 2.45) is 0 Å². The van der Waals surface area contributed by atoms with Gasteiger partial charge in [-0.25, -0.2) is 9.97 Å². The van der Waals surface area contributed by atoms with Crippen LogP contribution in [0.2, 0.25) is 0 Å². The van der Waals surface area contributed by atoms with Crippen LogP contribution in [0, 0.1) is 0 Å². The highest BCUT2D eigenvalue weighted by atomic mass is 32.2. The van der Waals surface area contributed by atoms with Crippen molar-refractivity contribution in [2.75, 3.05) is 0 Å². The smallest absolute Gasteiger partial charge is 0.138 e. The first kappa shape index (κ1) is 9.98. The van der Waals surface area contributed by atoms with Gasteiger partial charge in [0.1, 0.15) is 11.6 Å². The molecule has 0 aliphatic rings. The van der Waals surface area contributed by atoms with E-state index in [1.807, 2.05) is 12.1 Å². The zero-order valence-corrected chi connectivity index (χ0v) is 8.81. The minimum Gasteiger partial charge on any atom is -0.508 e. The minimum atomic E-state index is 0.286. The highest BCUT2D eigenvalue weighted by Gasteiger charge is 1.98. The standard InChI is InChI=1S/C11H10N2OS/c14-9-3-1-4-10(7-9)15-8-11-12-5-2-6-13-11/h1-7,14H,8H2. The van der Waals surface area contributed by atoms with Crippen molar-refractivity contribution in [3.8, 4) is 5.75 Å². The van der Waals surface area contributed by atoms with E-state index in [0.717, 1.165) is 10.7 Å². The second kappa shape index (κ2) is 4.79. The van der Waals surface area contributed by atoms with Gasteiger partial charge in [0, 0.05) is 17.3 Å². The van der Waals surface area contributed by atoms with E-state index in [9.17, 15) is 5.11 Å². The Labute approximate surface area is 92.2 Å². The van der Waals surface area contributed by atoms with Gasteiger partial charge in [-0.1, -0.05) is 6.07 Å². The Balaban J connectivity index is 1.99. The topological polar surface area (TPSA) is 46.0 Å². The van der Waals surface area contributed by atoms with Gasteiger partial charge < -0.3 is 5.11 Å². The molecule has 0 unspecified atom stereocenters. The summed E-state index contributed by atoms with van der Waals surface area (Å²) < 4.78 is 0. The maximum absolute atomic E-state index is 9.27. The number of hydrogen-bond donors (Lipinski definition) is 1. The SMILES string of the molecule is Oc1cccc(SCc2ncccn2)c1. The van der Waals surface area contributed by atoms with Gasteiger partial charge >= 0.3 is 0 Å². The van der Waals surface area contributed by atoms with Crippen LogP contribution in [0.4, 0.5) is 0 Å². The van der Waals surface area contributed by atoms with Gasteiger partial charge in [0.2, 0.25) is 0 Å². The molecule has 1 heterocycles. The molecule has 0 saturated heterocycles. The van der Waals surface area contributed by atoms with Crippen LogP contribution in [0.25, 0.3) is 0 Å². The molecular formula is C11H10N2OS. The minimum absolute atomic E-state index is 0.286. The molecule has 0 aliphatic carbocycles. The quantitative estimate of drug-likeness (QED) is 0.804. The number of phenolic OH excluding ortho intramolecular Hbond substituents is 1. The molecule has 0 atom stereocenters. The fraction of sp³-hybridized carbons (Fsp3) is 0.0909. The maximum Gasteiger partial charge on any atom is 0.138 e. The van der Waals surface area contributed by atoms with Crippen LogP contribution in [0.3, 0.4) is 0 Å². The molecule has 15 heavy (non-hydrogen) atoms. The summed E-state index contributed by atoms with van der Waals surface area (Å²) in [5.74, 6) is 1.80. The second-order valence-corrected chi connectivity index (χ2v) is 4.00. The van der Waals surface area contributed by atoms with Crippen molar-refractivity contribution in [1.29, 1.82) is 0 Å². The first-order valence-electron chi connectivity index (χ1n) is 4.52. The van der Waals surface area contributed by atoms with Crippen molar-refractivity contribution in [3.05, 3.63) is 48.5 Å². The zero-order valence-electron chi connectivity index (χ0n) is 8.00. The van der Waals surface area contributed by atoms with Gasteiger partial charge in [-0.2, -0.15) is 0 Å². The summed E-state index contributed by atoms with van der Waals surface area (Å²) >= 11 is 1.60. The zero-order chi connectivity index (χ0) is 10.5. The summed E-state index contributed by atoms with van der Waals surface area (Å²) in [6.45, 7) is 0. The van der Waals surface area contributed by atoms with Gasteiger partial charge in [-0.15, -0.1) is 11.8 Å². The van der Waals surface area contributed by atoms with Crippen LogP contribution in [0.5, 0.6) is 5.75 Å². The third-order valence-corrected chi connectivity index (χ3v) is 2.79. The van der Waals surface area contributed by atoms with Gasteiger partial charge in [-0.05, 0) is 24.3 Å². The van der Waals surface area contributed by atoms with Crippen LogP contribution in [0.1, 0.15) is 5.82 Å². The average molecular weight is 218 g/mol. The van der Waals surface area contributed by atoms with E-state index in [1.165, 1.54) is 0 Å². The maximum atomic E-state index is 9.27. The largest absolute Gasteiger partial charge is 0.508 e. The molecule has 76 valence electrons. The lowest BCUT2D eigenvalue weighted by Crippen LogP contribution is -1.89. The summed E-state index contributed by atoms with van der Waals surface area (Å²) in [5.41, 5.74) is 0. The van der Waals surface area contributed by atoms with E-state index in [4.69, 9.17) is 0 Å². The van der Waals surface area contributed by atoms with Crippen LogP contribution in [0.15, 0.2) is 47.6 Å². The van der Waals surface area contributed by atoms with Crippen molar-refractivity contribution in [3.63, 3.8) is 0 Å². The Morgan fingerprint density at radius 1 is 1.13 bits per heavy atom. The highest BCUT2D eigenvalue weighted by molar-refractivity contribution is 7.98. The number of phenols is 1. The lowest BCUT2D eigenvalue weighted by molar-refractivity contribution is 0.474. The molecule has 1 aromatic carbocycles. The number of rotatable bonds is 3. The Kier molecular flexibility index (Phi) is 3.19. The van der Waals surface area contributed by atoms with E-state index in [0.29, 0.717) is 5.75 Å². The van der Waals surface area contributed by atoms with E-state index >= 15 is 0 Å². The fourth-order valence-electron chi connectivity index (χ4n) is 1.13. The molecule has 0 fully saturated rings. The molecule has 0 saturated carbocycles. The van der Waals surface area contributed by atoms with Crippen molar-refractivity contribution in [2.45, 2.75) is 10.6 Å². The molecule has 1 aromatic heterocycles. The van der Waals surface area contributed by atoms with Gasteiger partial charge in [0.25, 0.3) is 0 Å². The first-order valence-corrected chi connectivity index (χ1v) is 5.51. The predicted molar refractivity (Wildman–Crippen MR) is 59.7 cm³/mol. The molecule has 0 spiro atoms. The molecular weight excluding hydrogens is 208 g/mol. The third-order valence-electron chi connectivity index (χ3n) is 1.80. The number of benzene rings is 1. The first-order chi connectivity index (χ1) is 7.34. The summed E-state index contributed by atoms with van der Waals surface area (Å²) in [6.07, 6.45) is 3.46. The van der Waals surface area contributed by atoms with Crippen LogP contribution >= 0.6 is 11.8 Å². The lowest BCUT2D eigenvalue weighted by Gasteiger charge is -2.00. The summed E-state index contributed by atoms with van der Waals surface area (Å²) in [4.78, 5) is 9.26. The number of aromatic hydroxyl groups is 1. The molecule has 0 amide bonds. The van der Waals surface area contributed by atoms with E-state index < -0.39 is 0 Å². The molecule has 0 bridgehead atoms. The number of hydrogen-bond acceptors (Lipinski definition) is 4. The molecule has 4 heteroatoms. The fourth-order valence-corrected chi connectivity index (χ4v) is 1.95. The highest BCUT2D eigenvalue weighted by Crippen LogP contribution is 2.24. The predicted octanol–water partition coefficient (Wildman–Crippen LogP) is 2.47. The Morgan fingerprint density at radius 3 is 2.67 bits per heavy atom. The summed E-state index contributed by atoms with van der Waals surface area (Å²) in [7, 11) is 0. The molecule has 1 N–H and O–H groups in total. The second-order valence-electron chi connectivity index (χ2n) is 2.95. The van der Waals surface area contributed by atoms with E-state index in [1.54, 1.807) is 42.4 Å². The molecule has 3 nitrogen and oxygen atoms in total. The normalized spacial score (nSPS) is 10.1. The van der Waals surface area contributed by atoms with Crippen LogP contribution < -0.4 is 0 Å². The monoisotopic (exact) mass is 218 g/mol. The van der Waals surface area contributed by atoms with Crippen molar-refractivity contribution < 1.29 is 5.11 Å². The molecule has 0 radical (unpaired) electrons. The lowest BCUT2D eigenvalue weighted by atomic mass is 10.3. The Bertz CT molecular complexity index is 434. The number of aromatic nitrogens is 2. The Hall–Kier alpha value is -1.55. The Morgan fingerprint density at radius 2 is 1.93 bits per heavy atom. The van der Waals surface area contributed by atoms with Gasteiger partial charge in [0.15, 0.2) is 0 Å². The summed E-state index contributed by atoms with van der Waals surface area (Å²) in [6, 6.07) is 8.95. The summed E-state index contributed by atoms with van der Waals surface area (Å²) in [5, 5.41) is 9.27. The average Bonchev–Trinajstić information content (AvgIpc) is 2.28. The molecule has 2 rings (SSSR count). The molecule has 2 aromatic rings. The molecule has 0 aliphatic heterocycles.